The van der Waals surface area contributed by atoms with Gasteiger partial charge in [0.05, 0.1) is 0 Å². The summed E-state index contributed by atoms with van der Waals surface area (Å²) in [5.41, 5.74) is 0. The van der Waals surface area contributed by atoms with Crippen LogP contribution in [0.5, 0.6) is 0 Å². The summed E-state index contributed by atoms with van der Waals surface area (Å²) in [5.74, 6) is -0.141. The second-order valence-corrected chi connectivity index (χ2v) is 5.08. The number of benzene rings is 1. The fourth-order valence-corrected chi connectivity index (χ4v) is 1.05. The molecule has 0 atom stereocenters. The van der Waals surface area contributed by atoms with E-state index in [2.05, 4.69) is 0 Å². The van der Waals surface area contributed by atoms with Crippen molar-refractivity contribution in [1.29, 1.82) is 0 Å². The molecule has 1 rings (SSSR count). The van der Waals surface area contributed by atoms with Crippen LogP contribution in [-0.2, 0) is 0 Å². The fraction of sp³-hybridized carbons (Fsp3) is 0. The molecule has 23 heavy (non-hydrogen) atoms. The van der Waals surface area contributed by atoms with Crippen molar-refractivity contribution in [2.24, 2.45) is 0 Å². The van der Waals surface area contributed by atoms with E-state index in [1.54, 1.807) is 0 Å². The maximum absolute atomic E-state index is 12.1. The Morgan fingerprint density at radius 3 is 0.826 bits per heavy atom. The van der Waals surface area contributed by atoms with E-state index in [0.717, 1.165) is 0 Å². The quantitative estimate of drug-likeness (QED) is 0.448. The van der Waals surface area contributed by atoms with Gasteiger partial charge in [0.2, 0.25) is 0 Å². The zero-order chi connectivity index (χ0) is 19.5. The van der Waals surface area contributed by atoms with Gasteiger partial charge in [-0.25, -0.2) is 0 Å². The van der Waals surface area contributed by atoms with Crippen LogP contribution in [0.2, 0.25) is 0 Å². The minimum atomic E-state index is -6.00. The summed E-state index contributed by atoms with van der Waals surface area (Å²) in [7, 11) is -18.0. The van der Waals surface area contributed by atoms with E-state index in [-0.39, 0.29) is 5.82 Å². The first-order chi connectivity index (χ1) is 9.79. The van der Waals surface area contributed by atoms with Crippen molar-refractivity contribution in [3.8, 4) is 0 Å². The molecule has 0 nitrogen and oxygen atoms in total. The van der Waals surface area contributed by atoms with Gasteiger partial charge in [-0.05, 0) is 0 Å². The number of hydrogen-bond acceptors (Lipinski definition) is 0. The standard InChI is InChI=1S/C6H4F.3BF4.K/c7-6-4-2-1-3-5-6;3*2-1(3,4)5;/h2-5H;;;;/q;3*-1;. The molecule has 0 saturated carbocycles. The minimum absolute atomic E-state index is 0.141. The molecular weight excluding hydrogens is 391 g/mol. The Morgan fingerprint density at radius 2 is 0.696 bits per heavy atom. The Morgan fingerprint density at radius 1 is 0.522 bits per heavy atom. The SMILES string of the molecule is F[B-](F)(F)F.F[B-](F)(F)F.F[B-](F)(F)F.Fc1cc[c]([K])cc1. The van der Waals surface area contributed by atoms with E-state index in [1.165, 1.54) is 11.8 Å². The molecule has 0 bridgehead atoms. The molecule has 0 amide bonds. The second-order valence-electron chi connectivity index (χ2n) is 3.28. The summed E-state index contributed by atoms with van der Waals surface area (Å²) >= 11 is 0.681. The molecule has 0 aliphatic rings. The van der Waals surface area contributed by atoms with Crippen LogP contribution in [0.15, 0.2) is 24.3 Å². The van der Waals surface area contributed by atoms with Gasteiger partial charge in [0.15, 0.2) is 0 Å². The summed E-state index contributed by atoms with van der Waals surface area (Å²) in [6.45, 7) is 0. The molecule has 1 aromatic rings. The summed E-state index contributed by atoms with van der Waals surface area (Å²) in [6, 6.07) is 6.66. The molecule has 0 fully saturated rings. The molecule has 0 aliphatic carbocycles. The van der Waals surface area contributed by atoms with Crippen LogP contribution in [-0.4, -0.2) is 70.7 Å². The molecule has 0 unspecified atom stereocenters. The predicted molar refractivity (Wildman–Crippen MR) is 62.3 cm³/mol. The van der Waals surface area contributed by atoms with Gasteiger partial charge in [-0.1, -0.05) is 0 Å². The van der Waals surface area contributed by atoms with Crippen LogP contribution in [0.3, 0.4) is 0 Å². The van der Waals surface area contributed by atoms with Gasteiger partial charge in [-0.2, -0.15) is 0 Å². The Bertz CT molecular complexity index is 329. The van der Waals surface area contributed by atoms with Crippen molar-refractivity contribution >= 4 is 70.4 Å². The topological polar surface area (TPSA) is 0 Å². The van der Waals surface area contributed by atoms with Crippen molar-refractivity contribution in [2.75, 3.05) is 0 Å². The average molecular weight is 395 g/mol. The molecule has 0 N–H and O–H groups in total. The molecule has 0 radical (unpaired) electrons. The van der Waals surface area contributed by atoms with Gasteiger partial charge in [0.25, 0.3) is 0 Å². The van der Waals surface area contributed by atoms with Crippen LogP contribution in [0.1, 0.15) is 0 Å². The van der Waals surface area contributed by atoms with Crippen molar-refractivity contribution in [3.63, 3.8) is 0 Å². The monoisotopic (exact) mass is 395 g/mol. The Balaban J connectivity index is -0.000000240. The van der Waals surface area contributed by atoms with Gasteiger partial charge < -0.3 is 51.8 Å². The molecule has 0 saturated heterocycles. The first-order valence-electron chi connectivity index (χ1n) is 5.13. The van der Waals surface area contributed by atoms with E-state index >= 15 is 0 Å². The van der Waals surface area contributed by atoms with E-state index in [9.17, 15) is 56.2 Å². The van der Waals surface area contributed by atoms with Crippen molar-refractivity contribution in [3.05, 3.63) is 30.1 Å². The molecule has 0 aliphatic heterocycles. The van der Waals surface area contributed by atoms with Crippen LogP contribution in [0.25, 0.3) is 0 Å². The Hall–Kier alpha value is 0.141. The molecule has 132 valence electrons. The third kappa shape index (κ3) is 87.3. The average Bonchev–Trinajstić information content (AvgIpc) is 2.14. The van der Waals surface area contributed by atoms with Gasteiger partial charge in [0, 0.05) is 0 Å². The van der Waals surface area contributed by atoms with E-state index < -0.39 is 21.8 Å². The first kappa shape index (κ1) is 28.0. The second kappa shape index (κ2) is 12.5. The van der Waals surface area contributed by atoms with E-state index in [1.807, 2.05) is 12.1 Å². The maximum atomic E-state index is 12.1. The van der Waals surface area contributed by atoms with Crippen LogP contribution >= 0.6 is 0 Å². The van der Waals surface area contributed by atoms with Crippen molar-refractivity contribution < 1.29 is 56.2 Å². The van der Waals surface area contributed by atoms with Gasteiger partial charge in [-0.3, -0.25) is 0 Å². The van der Waals surface area contributed by atoms with Crippen LogP contribution in [0, 0.1) is 5.82 Å². The van der Waals surface area contributed by atoms with Crippen LogP contribution in [0.4, 0.5) is 56.2 Å². The van der Waals surface area contributed by atoms with Crippen molar-refractivity contribution in [1.82, 2.24) is 0 Å². The number of halogens is 13. The number of rotatable bonds is 0. The van der Waals surface area contributed by atoms with Crippen LogP contribution < -0.4 is -0.342 Å². The van der Waals surface area contributed by atoms with Gasteiger partial charge in [-0.15, -0.1) is 0 Å². The molecule has 17 heteroatoms. The van der Waals surface area contributed by atoms with Crippen molar-refractivity contribution in [2.45, 2.75) is 0 Å². The Labute approximate surface area is 155 Å². The van der Waals surface area contributed by atoms with E-state index in [0.29, 0.717) is 49.0 Å². The third-order valence-electron chi connectivity index (χ3n) is 1.01. The fourth-order valence-electron chi connectivity index (χ4n) is 0.533. The molecule has 0 spiro atoms. The summed E-state index contributed by atoms with van der Waals surface area (Å²) < 4.78 is 130. The summed E-state index contributed by atoms with van der Waals surface area (Å²) in [6.07, 6.45) is 0. The molecule has 1 aromatic carbocycles. The summed E-state index contributed by atoms with van der Waals surface area (Å²) in [5, 5.41) is 0. The molecular formula is C6H4B3F13K-3. The third-order valence-corrected chi connectivity index (χ3v) is 2.05. The Kier molecular flexibility index (Phi) is 15.2. The van der Waals surface area contributed by atoms with Gasteiger partial charge >= 0.3 is 105 Å². The molecule has 0 aromatic heterocycles. The molecule has 0 heterocycles. The summed E-state index contributed by atoms with van der Waals surface area (Å²) in [4.78, 5) is 0. The van der Waals surface area contributed by atoms with E-state index in [4.69, 9.17) is 0 Å². The number of hydrogen-bond donors (Lipinski definition) is 0. The first-order valence-corrected chi connectivity index (χ1v) is 6.69. The predicted octanol–water partition coefficient (Wildman–Crippen LogP) is 4.52. The zero-order valence-corrected chi connectivity index (χ0v) is 14.1. The normalized spacial score (nSPS) is 11.1. The zero-order valence-electron chi connectivity index (χ0n) is 11.0. The van der Waals surface area contributed by atoms with Gasteiger partial charge in [0.1, 0.15) is 0 Å².